The number of hydrogen-bond donors (Lipinski definition) is 0. The van der Waals surface area contributed by atoms with Crippen LogP contribution in [0.15, 0.2) is 0 Å². The summed E-state index contributed by atoms with van der Waals surface area (Å²) in [7, 11) is 0. The van der Waals surface area contributed by atoms with E-state index in [2.05, 4.69) is 13.8 Å². The van der Waals surface area contributed by atoms with Gasteiger partial charge < -0.3 is 9.80 Å². The van der Waals surface area contributed by atoms with Crippen molar-refractivity contribution in [2.24, 2.45) is 0 Å². The average Bonchev–Trinajstić information content (AvgIpc) is 2.27. The lowest BCUT2D eigenvalue weighted by molar-refractivity contribution is -0.134. The zero-order valence-corrected chi connectivity index (χ0v) is 12.5. The highest BCUT2D eigenvalue weighted by atomic mass is 16.2. The van der Waals surface area contributed by atoms with Gasteiger partial charge in [0.05, 0.1) is 0 Å². The summed E-state index contributed by atoms with van der Waals surface area (Å²) < 4.78 is 0. The first-order valence-electron chi connectivity index (χ1n) is 6.98. The Morgan fingerprint density at radius 3 is 1.83 bits per heavy atom. The first kappa shape index (κ1) is 16.9. The van der Waals surface area contributed by atoms with Gasteiger partial charge in [-0.05, 0) is 26.7 Å². The fraction of sp³-hybridized carbons (Fsp3) is 0.857. The first-order valence-corrected chi connectivity index (χ1v) is 6.98. The van der Waals surface area contributed by atoms with E-state index in [-0.39, 0.29) is 17.9 Å². The van der Waals surface area contributed by atoms with Crippen molar-refractivity contribution in [3.05, 3.63) is 0 Å². The van der Waals surface area contributed by atoms with E-state index in [0.29, 0.717) is 13.0 Å². The monoisotopic (exact) mass is 256 g/mol. The van der Waals surface area contributed by atoms with Crippen LogP contribution in [0.4, 0.5) is 0 Å². The molecule has 0 aliphatic carbocycles. The molecule has 0 atom stereocenters. The molecular weight excluding hydrogens is 228 g/mol. The van der Waals surface area contributed by atoms with Crippen LogP contribution in [0.5, 0.6) is 0 Å². The molecule has 0 aliphatic rings. The molecule has 0 N–H and O–H groups in total. The van der Waals surface area contributed by atoms with E-state index >= 15 is 0 Å². The smallest absolute Gasteiger partial charge is 0.224 e. The van der Waals surface area contributed by atoms with E-state index in [9.17, 15) is 9.59 Å². The van der Waals surface area contributed by atoms with Crippen LogP contribution >= 0.6 is 0 Å². The quantitative estimate of drug-likeness (QED) is 0.668. The standard InChI is InChI=1S/C14H28N2O2/c1-6-9-15(10-7-2)14(18)8-11-16(12(3)4)13(5)17/h12H,6-11H2,1-5H3. The van der Waals surface area contributed by atoms with Crippen molar-refractivity contribution < 1.29 is 9.59 Å². The average molecular weight is 256 g/mol. The van der Waals surface area contributed by atoms with Gasteiger partial charge in [0.1, 0.15) is 0 Å². The fourth-order valence-corrected chi connectivity index (χ4v) is 2.05. The molecule has 0 aromatic rings. The number of carbonyl (C=O) groups excluding carboxylic acids is 2. The third-order valence-electron chi connectivity index (χ3n) is 2.93. The molecule has 2 amide bonds. The van der Waals surface area contributed by atoms with Gasteiger partial charge in [-0.2, -0.15) is 0 Å². The fourth-order valence-electron chi connectivity index (χ4n) is 2.05. The maximum Gasteiger partial charge on any atom is 0.224 e. The minimum atomic E-state index is 0.0373. The molecule has 0 saturated heterocycles. The zero-order chi connectivity index (χ0) is 14.1. The van der Waals surface area contributed by atoms with Crippen LogP contribution in [-0.2, 0) is 9.59 Å². The number of carbonyl (C=O) groups is 2. The van der Waals surface area contributed by atoms with Crippen molar-refractivity contribution in [1.29, 1.82) is 0 Å². The molecule has 0 aromatic carbocycles. The molecule has 0 spiro atoms. The van der Waals surface area contributed by atoms with Gasteiger partial charge in [-0.25, -0.2) is 0 Å². The Morgan fingerprint density at radius 2 is 1.50 bits per heavy atom. The van der Waals surface area contributed by atoms with Crippen LogP contribution in [0.1, 0.15) is 53.9 Å². The maximum atomic E-state index is 12.1. The Kier molecular flexibility index (Phi) is 8.42. The highest BCUT2D eigenvalue weighted by molar-refractivity contribution is 5.78. The molecule has 0 fully saturated rings. The molecule has 0 heterocycles. The van der Waals surface area contributed by atoms with Crippen LogP contribution in [0.2, 0.25) is 0 Å². The van der Waals surface area contributed by atoms with Crippen LogP contribution in [0.25, 0.3) is 0 Å². The van der Waals surface area contributed by atoms with Gasteiger partial charge in [-0.1, -0.05) is 13.8 Å². The molecule has 0 rings (SSSR count). The Morgan fingerprint density at radius 1 is 1.00 bits per heavy atom. The van der Waals surface area contributed by atoms with Crippen LogP contribution in [-0.4, -0.2) is 47.3 Å². The van der Waals surface area contributed by atoms with E-state index in [1.807, 2.05) is 18.7 Å². The van der Waals surface area contributed by atoms with Gasteiger partial charge in [0.25, 0.3) is 0 Å². The van der Waals surface area contributed by atoms with Crippen molar-refractivity contribution >= 4 is 11.8 Å². The third-order valence-corrected chi connectivity index (χ3v) is 2.93. The second-order valence-electron chi connectivity index (χ2n) is 4.94. The summed E-state index contributed by atoms with van der Waals surface area (Å²) in [5.41, 5.74) is 0. The third kappa shape index (κ3) is 6.03. The number of rotatable bonds is 8. The van der Waals surface area contributed by atoms with E-state index in [1.165, 1.54) is 0 Å². The van der Waals surface area contributed by atoms with Gasteiger partial charge in [-0.15, -0.1) is 0 Å². The highest BCUT2D eigenvalue weighted by Crippen LogP contribution is 2.04. The van der Waals surface area contributed by atoms with Gasteiger partial charge in [0.2, 0.25) is 11.8 Å². The number of amides is 2. The molecule has 0 saturated carbocycles. The van der Waals surface area contributed by atoms with E-state index in [4.69, 9.17) is 0 Å². The normalized spacial score (nSPS) is 10.6. The molecular formula is C14H28N2O2. The summed E-state index contributed by atoms with van der Waals surface area (Å²) >= 11 is 0. The molecule has 18 heavy (non-hydrogen) atoms. The van der Waals surface area contributed by atoms with Crippen LogP contribution < -0.4 is 0 Å². The van der Waals surface area contributed by atoms with E-state index in [1.54, 1.807) is 11.8 Å². The maximum absolute atomic E-state index is 12.1. The minimum Gasteiger partial charge on any atom is -0.343 e. The highest BCUT2D eigenvalue weighted by Gasteiger charge is 2.17. The lowest BCUT2D eigenvalue weighted by atomic mass is 10.2. The Balaban J connectivity index is 4.31. The molecule has 0 aliphatic heterocycles. The molecule has 0 radical (unpaired) electrons. The minimum absolute atomic E-state index is 0.0373. The van der Waals surface area contributed by atoms with E-state index in [0.717, 1.165) is 25.9 Å². The summed E-state index contributed by atoms with van der Waals surface area (Å²) in [6.45, 7) is 11.8. The number of nitrogens with zero attached hydrogens (tertiary/aromatic N) is 2. The second-order valence-corrected chi connectivity index (χ2v) is 4.94. The molecule has 0 aromatic heterocycles. The predicted molar refractivity (Wildman–Crippen MR) is 74.3 cm³/mol. The summed E-state index contributed by atoms with van der Waals surface area (Å²) in [4.78, 5) is 27.1. The summed E-state index contributed by atoms with van der Waals surface area (Å²) in [5, 5.41) is 0. The summed E-state index contributed by atoms with van der Waals surface area (Å²) in [6, 6.07) is 0.154. The first-order chi connectivity index (χ1) is 8.43. The predicted octanol–water partition coefficient (Wildman–Crippen LogP) is 2.28. The lowest BCUT2D eigenvalue weighted by Gasteiger charge is -2.27. The van der Waals surface area contributed by atoms with E-state index < -0.39 is 0 Å². The molecule has 0 unspecified atom stereocenters. The van der Waals surface area contributed by atoms with Gasteiger partial charge in [0.15, 0.2) is 0 Å². The van der Waals surface area contributed by atoms with Crippen molar-refractivity contribution in [3.63, 3.8) is 0 Å². The topological polar surface area (TPSA) is 40.6 Å². The Bertz CT molecular complexity index is 259. The van der Waals surface area contributed by atoms with Crippen molar-refractivity contribution in [3.8, 4) is 0 Å². The molecule has 4 heteroatoms. The van der Waals surface area contributed by atoms with Gasteiger partial charge in [0, 0.05) is 39.0 Å². The Labute approximate surface area is 111 Å². The van der Waals surface area contributed by atoms with Gasteiger partial charge >= 0.3 is 0 Å². The van der Waals surface area contributed by atoms with Crippen molar-refractivity contribution in [1.82, 2.24) is 9.80 Å². The lowest BCUT2D eigenvalue weighted by Crippen LogP contribution is -2.40. The Hall–Kier alpha value is -1.06. The van der Waals surface area contributed by atoms with Gasteiger partial charge in [-0.3, -0.25) is 9.59 Å². The summed E-state index contributed by atoms with van der Waals surface area (Å²) in [6.07, 6.45) is 2.39. The van der Waals surface area contributed by atoms with Crippen molar-refractivity contribution in [2.45, 2.75) is 59.9 Å². The molecule has 4 nitrogen and oxygen atoms in total. The number of hydrogen-bond acceptors (Lipinski definition) is 2. The zero-order valence-electron chi connectivity index (χ0n) is 12.5. The molecule has 106 valence electrons. The van der Waals surface area contributed by atoms with Crippen LogP contribution in [0, 0.1) is 0 Å². The molecule has 0 bridgehead atoms. The van der Waals surface area contributed by atoms with Crippen molar-refractivity contribution in [2.75, 3.05) is 19.6 Å². The van der Waals surface area contributed by atoms with Crippen LogP contribution in [0.3, 0.4) is 0 Å². The second kappa shape index (κ2) is 8.95. The SMILES string of the molecule is CCCN(CCC)C(=O)CCN(C(C)=O)C(C)C. The summed E-state index contributed by atoms with van der Waals surface area (Å²) in [5.74, 6) is 0.195. The largest absolute Gasteiger partial charge is 0.343 e.